The molecule has 0 aromatic rings. The molecule has 10 heavy (non-hydrogen) atoms. The van der Waals surface area contributed by atoms with E-state index in [0.29, 0.717) is 11.7 Å². The highest BCUT2D eigenvalue weighted by atomic mass is 16.1. The lowest BCUT2D eigenvalue weighted by molar-refractivity contribution is -0.127. The van der Waals surface area contributed by atoms with E-state index in [2.05, 4.69) is 13.8 Å². The third kappa shape index (κ3) is 0.979. The van der Waals surface area contributed by atoms with Crippen molar-refractivity contribution >= 4 is 5.78 Å². The maximum atomic E-state index is 11.2. The van der Waals surface area contributed by atoms with Gasteiger partial charge in [0.05, 0.1) is 0 Å². The number of hydrogen-bond donors (Lipinski definition) is 0. The van der Waals surface area contributed by atoms with Crippen LogP contribution in [0.2, 0.25) is 0 Å². The van der Waals surface area contributed by atoms with Gasteiger partial charge in [-0.15, -0.1) is 0 Å². The van der Waals surface area contributed by atoms with Crippen LogP contribution in [0.15, 0.2) is 0 Å². The normalized spacial score (nSPS) is 40.1. The van der Waals surface area contributed by atoms with Crippen LogP contribution >= 0.6 is 0 Å². The first-order chi connectivity index (χ1) is 4.57. The predicted octanol–water partition coefficient (Wildman–Crippen LogP) is 2.40. The van der Waals surface area contributed by atoms with Crippen LogP contribution in [0.5, 0.6) is 0 Å². The van der Waals surface area contributed by atoms with E-state index < -0.39 is 0 Å². The fraction of sp³-hybridized carbons (Fsp3) is 0.889. The SMILES string of the molecule is CC(=O)C1(C)CCCC1C. The Kier molecular flexibility index (Phi) is 1.84. The fourth-order valence-corrected chi connectivity index (χ4v) is 1.86. The van der Waals surface area contributed by atoms with Crippen molar-refractivity contribution < 1.29 is 4.79 Å². The van der Waals surface area contributed by atoms with Gasteiger partial charge in [-0.25, -0.2) is 0 Å². The van der Waals surface area contributed by atoms with Crippen LogP contribution in [0.4, 0.5) is 0 Å². The minimum Gasteiger partial charge on any atom is -0.299 e. The molecule has 1 saturated carbocycles. The van der Waals surface area contributed by atoms with Gasteiger partial charge in [0.15, 0.2) is 0 Å². The predicted molar refractivity (Wildman–Crippen MR) is 41.8 cm³/mol. The summed E-state index contributed by atoms with van der Waals surface area (Å²) in [7, 11) is 0. The van der Waals surface area contributed by atoms with Crippen LogP contribution in [-0.4, -0.2) is 5.78 Å². The Labute approximate surface area is 62.8 Å². The van der Waals surface area contributed by atoms with Crippen molar-refractivity contribution in [2.45, 2.75) is 40.0 Å². The molecule has 0 N–H and O–H groups in total. The summed E-state index contributed by atoms with van der Waals surface area (Å²) >= 11 is 0. The van der Waals surface area contributed by atoms with Crippen molar-refractivity contribution in [2.75, 3.05) is 0 Å². The van der Waals surface area contributed by atoms with Gasteiger partial charge in [-0.2, -0.15) is 0 Å². The molecule has 1 rings (SSSR count). The first kappa shape index (κ1) is 7.77. The molecule has 0 spiro atoms. The van der Waals surface area contributed by atoms with E-state index in [1.165, 1.54) is 12.8 Å². The highest BCUT2D eigenvalue weighted by Gasteiger charge is 2.39. The summed E-state index contributed by atoms with van der Waals surface area (Å²) in [6, 6.07) is 0. The number of carbonyl (C=O) groups is 1. The third-order valence-corrected chi connectivity index (χ3v) is 3.23. The van der Waals surface area contributed by atoms with Gasteiger partial charge in [0, 0.05) is 5.41 Å². The third-order valence-electron chi connectivity index (χ3n) is 3.23. The molecule has 1 nitrogen and oxygen atoms in total. The molecule has 58 valence electrons. The molecule has 0 radical (unpaired) electrons. The van der Waals surface area contributed by atoms with E-state index in [1.54, 1.807) is 6.92 Å². The molecule has 2 atom stereocenters. The van der Waals surface area contributed by atoms with Crippen LogP contribution in [0, 0.1) is 11.3 Å². The fourth-order valence-electron chi connectivity index (χ4n) is 1.86. The standard InChI is InChI=1S/C9H16O/c1-7-5-4-6-9(7,3)8(2)10/h7H,4-6H2,1-3H3. The minimum atomic E-state index is 0.0139. The summed E-state index contributed by atoms with van der Waals surface area (Å²) < 4.78 is 0. The van der Waals surface area contributed by atoms with Crippen molar-refractivity contribution in [3.05, 3.63) is 0 Å². The topological polar surface area (TPSA) is 17.1 Å². The van der Waals surface area contributed by atoms with Crippen LogP contribution in [0.25, 0.3) is 0 Å². The molecule has 1 fully saturated rings. The van der Waals surface area contributed by atoms with Crippen LogP contribution in [0.3, 0.4) is 0 Å². The van der Waals surface area contributed by atoms with Gasteiger partial charge in [0.2, 0.25) is 0 Å². The zero-order valence-electron chi connectivity index (χ0n) is 7.11. The van der Waals surface area contributed by atoms with E-state index in [0.717, 1.165) is 6.42 Å². The van der Waals surface area contributed by atoms with E-state index in [1.807, 2.05) is 0 Å². The van der Waals surface area contributed by atoms with Crippen LogP contribution in [-0.2, 0) is 4.79 Å². The van der Waals surface area contributed by atoms with E-state index in [4.69, 9.17) is 0 Å². The van der Waals surface area contributed by atoms with Gasteiger partial charge >= 0.3 is 0 Å². The first-order valence-electron chi connectivity index (χ1n) is 4.08. The Bertz CT molecular complexity index is 151. The van der Waals surface area contributed by atoms with Gasteiger partial charge < -0.3 is 0 Å². The Balaban J connectivity index is 2.75. The Morgan fingerprint density at radius 2 is 2.20 bits per heavy atom. The Morgan fingerprint density at radius 3 is 2.40 bits per heavy atom. The number of ketones is 1. The molecular weight excluding hydrogens is 124 g/mol. The zero-order valence-corrected chi connectivity index (χ0v) is 7.11. The molecule has 0 heterocycles. The zero-order chi connectivity index (χ0) is 7.78. The molecule has 0 amide bonds. The largest absolute Gasteiger partial charge is 0.299 e. The number of Topliss-reactive ketones (excluding diaryl/α,β-unsaturated/α-hetero) is 1. The molecule has 1 aliphatic rings. The average molecular weight is 140 g/mol. The van der Waals surface area contributed by atoms with Gasteiger partial charge in [0.1, 0.15) is 5.78 Å². The number of carbonyl (C=O) groups excluding carboxylic acids is 1. The number of hydrogen-bond acceptors (Lipinski definition) is 1. The first-order valence-corrected chi connectivity index (χ1v) is 4.08. The summed E-state index contributed by atoms with van der Waals surface area (Å²) in [5, 5.41) is 0. The molecule has 0 aromatic carbocycles. The lowest BCUT2D eigenvalue weighted by Crippen LogP contribution is -2.27. The summed E-state index contributed by atoms with van der Waals surface area (Å²) in [6.07, 6.45) is 3.57. The molecule has 0 bridgehead atoms. The maximum Gasteiger partial charge on any atom is 0.135 e. The molecule has 1 aliphatic carbocycles. The van der Waals surface area contributed by atoms with Gasteiger partial charge in [-0.05, 0) is 25.7 Å². The van der Waals surface area contributed by atoms with Crippen molar-refractivity contribution in [3.8, 4) is 0 Å². The molecule has 0 saturated heterocycles. The van der Waals surface area contributed by atoms with Gasteiger partial charge in [-0.1, -0.05) is 20.3 Å². The minimum absolute atomic E-state index is 0.0139. The quantitative estimate of drug-likeness (QED) is 0.546. The molecular formula is C9H16O. The highest BCUT2D eigenvalue weighted by molar-refractivity contribution is 5.82. The van der Waals surface area contributed by atoms with Crippen LogP contribution in [0.1, 0.15) is 40.0 Å². The second-order valence-corrected chi connectivity index (χ2v) is 3.77. The molecule has 2 unspecified atom stereocenters. The lowest BCUT2D eigenvalue weighted by atomic mass is 9.78. The Hall–Kier alpha value is -0.330. The summed E-state index contributed by atoms with van der Waals surface area (Å²) in [5.74, 6) is 0.975. The van der Waals surface area contributed by atoms with Crippen molar-refractivity contribution in [3.63, 3.8) is 0 Å². The van der Waals surface area contributed by atoms with Crippen molar-refractivity contribution in [1.82, 2.24) is 0 Å². The van der Waals surface area contributed by atoms with Gasteiger partial charge in [0.25, 0.3) is 0 Å². The second kappa shape index (κ2) is 2.37. The van der Waals surface area contributed by atoms with E-state index in [9.17, 15) is 4.79 Å². The molecule has 1 heteroatoms. The lowest BCUT2D eigenvalue weighted by Gasteiger charge is -2.25. The van der Waals surface area contributed by atoms with E-state index >= 15 is 0 Å². The van der Waals surface area contributed by atoms with Crippen molar-refractivity contribution in [1.29, 1.82) is 0 Å². The summed E-state index contributed by atoms with van der Waals surface area (Å²) in [5.41, 5.74) is 0.0139. The highest BCUT2D eigenvalue weighted by Crippen LogP contribution is 2.43. The number of rotatable bonds is 1. The monoisotopic (exact) mass is 140 g/mol. The Morgan fingerprint density at radius 1 is 1.60 bits per heavy atom. The van der Waals surface area contributed by atoms with E-state index in [-0.39, 0.29) is 5.41 Å². The van der Waals surface area contributed by atoms with Crippen molar-refractivity contribution in [2.24, 2.45) is 11.3 Å². The maximum absolute atomic E-state index is 11.2. The summed E-state index contributed by atoms with van der Waals surface area (Å²) in [6.45, 7) is 6.02. The van der Waals surface area contributed by atoms with Crippen LogP contribution < -0.4 is 0 Å². The smallest absolute Gasteiger partial charge is 0.135 e. The summed E-state index contributed by atoms with van der Waals surface area (Å²) in [4.78, 5) is 11.2. The molecule has 0 aromatic heterocycles. The van der Waals surface area contributed by atoms with Gasteiger partial charge in [-0.3, -0.25) is 4.79 Å². The second-order valence-electron chi connectivity index (χ2n) is 3.77. The molecule has 0 aliphatic heterocycles. The average Bonchev–Trinajstić information content (AvgIpc) is 2.15.